The van der Waals surface area contributed by atoms with E-state index in [1.807, 2.05) is 39.3 Å². The molecule has 2 saturated heterocycles. The average molecular weight is 1540 g/mol. The summed E-state index contributed by atoms with van der Waals surface area (Å²) in [5.74, 6) is -12.3. The van der Waals surface area contributed by atoms with Crippen molar-refractivity contribution in [2.24, 2.45) is 23.7 Å². The van der Waals surface area contributed by atoms with Crippen LogP contribution in [0.1, 0.15) is 164 Å². The number of likely N-dealkylation sites (tertiary alicyclic amines) is 1. The summed E-state index contributed by atoms with van der Waals surface area (Å²) >= 11 is 6.54. The number of piperidine rings is 1. The molecule has 4 rings (SSSR count). The van der Waals surface area contributed by atoms with Crippen molar-refractivity contribution in [3.05, 3.63) is 70.7 Å². The molecule has 0 radical (unpaired) electrons. The second-order valence-electron chi connectivity index (χ2n) is 30.3. The Morgan fingerprint density at radius 2 is 1.07 bits per heavy atom. The molecule has 0 aromatic heterocycles. The summed E-state index contributed by atoms with van der Waals surface area (Å²) in [6.45, 7) is 18.7. The van der Waals surface area contributed by atoms with Crippen LogP contribution in [0.5, 0.6) is 0 Å². The van der Waals surface area contributed by atoms with E-state index < -0.39 is 185 Å². The molecule has 598 valence electrons. The molecule has 0 bridgehead atoms. The number of aliphatic hydroxyl groups is 1. The van der Waals surface area contributed by atoms with Crippen LogP contribution in [-0.2, 0) is 85.2 Å². The first-order chi connectivity index (χ1) is 50.0. The van der Waals surface area contributed by atoms with Gasteiger partial charge in [-0.25, -0.2) is 8.42 Å². The Bertz CT molecular complexity index is 3520. The molecule has 2 aromatic rings. The zero-order chi connectivity index (χ0) is 80.6. The maximum atomic E-state index is 15.6. The van der Waals surface area contributed by atoms with Crippen molar-refractivity contribution in [2.75, 3.05) is 74.7 Å². The lowest BCUT2D eigenvalue weighted by molar-refractivity contribution is -0.152. The van der Waals surface area contributed by atoms with Gasteiger partial charge in [0.05, 0.1) is 25.3 Å². The van der Waals surface area contributed by atoms with Crippen molar-refractivity contribution in [2.45, 2.75) is 233 Å². The predicted molar refractivity (Wildman–Crippen MR) is 406 cm³/mol. The summed E-state index contributed by atoms with van der Waals surface area (Å²) in [7, 11) is 3.94. The zero-order valence-electron chi connectivity index (χ0n) is 66.0. The minimum atomic E-state index is -4.13. The molecule has 2 aliphatic rings. The summed E-state index contributed by atoms with van der Waals surface area (Å²) < 4.78 is 26.4. The largest absolute Gasteiger partial charge is 0.391 e. The number of nitrogens with zero attached hydrogens (tertiary/aromatic N) is 8. The van der Waals surface area contributed by atoms with Crippen molar-refractivity contribution < 1.29 is 75.9 Å². The van der Waals surface area contributed by atoms with Crippen molar-refractivity contribution >= 4 is 98.4 Å². The number of likely N-dealkylation sites (N-methyl/N-ethyl adjacent to an activating group) is 6. The lowest BCUT2D eigenvalue weighted by Crippen LogP contribution is -2.62. The van der Waals surface area contributed by atoms with E-state index in [1.165, 1.54) is 68.8 Å². The molecule has 2 fully saturated rings. The molecular formula is C76H120ClN13O16S. The summed E-state index contributed by atoms with van der Waals surface area (Å²) in [6, 6.07) is 0.574. The molecule has 2 heterocycles. The Hall–Kier alpha value is -8.25. The summed E-state index contributed by atoms with van der Waals surface area (Å²) in [5.41, 5.74) is 1.10. The fourth-order valence-electron chi connectivity index (χ4n) is 13.6. The van der Waals surface area contributed by atoms with Gasteiger partial charge in [-0.2, -0.15) is 0 Å². The van der Waals surface area contributed by atoms with E-state index in [2.05, 4.69) is 21.3 Å². The summed E-state index contributed by atoms with van der Waals surface area (Å²) in [4.78, 5) is 205. The zero-order valence-corrected chi connectivity index (χ0v) is 67.6. The van der Waals surface area contributed by atoms with Gasteiger partial charge in [-0.15, -0.1) is 0 Å². The number of aliphatic hydroxyl groups excluding tert-OH is 1. The van der Waals surface area contributed by atoms with Crippen molar-refractivity contribution in [3.63, 3.8) is 0 Å². The maximum absolute atomic E-state index is 15.6. The van der Waals surface area contributed by atoms with Crippen LogP contribution < -0.4 is 26.0 Å². The quantitative estimate of drug-likeness (QED) is 0.104. The predicted octanol–water partition coefficient (Wildman–Crippen LogP) is 3.51. The van der Waals surface area contributed by atoms with E-state index >= 15 is 33.6 Å². The molecule has 2 aromatic carbocycles. The Morgan fingerprint density at radius 3 is 1.63 bits per heavy atom. The fraction of sp³-hybridized carbons (Fsp3) is 0.671. The lowest BCUT2D eigenvalue weighted by Gasteiger charge is -2.38. The van der Waals surface area contributed by atoms with Crippen LogP contribution in [0.3, 0.4) is 0 Å². The molecule has 29 nitrogen and oxygen atoms in total. The second kappa shape index (κ2) is 42.5. The smallest absolute Gasteiger partial charge is 0.248 e. The molecule has 2 aliphatic heterocycles. The first-order valence-electron chi connectivity index (χ1n) is 37.4. The molecule has 0 saturated carbocycles. The monoisotopic (exact) mass is 1540 g/mol. The molecule has 13 amide bonds. The molecule has 0 unspecified atom stereocenters. The molecular weight excluding hydrogens is 1420 g/mol. The van der Waals surface area contributed by atoms with Gasteiger partial charge in [-0.3, -0.25) is 67.1 Å². The minimum absolute atomic E-state index is 0.000784. The van der Waals surface area contributed by atoms with E-state index in [0.29, 0.717) is 54.9 Å². The number of unbranched alkanes of at least 4 members (excludes halogenated alkanes) is 1. The van der Waals surface area contributed by atoms with E-state index in [0.717, 1.165) is 32.3 Å². The van der Waals surface area contributed by atoms with Gasteiger partial charge < -0.3 is 65.6 Å². The Kier molecular flexibility index (Phi) is 36.2. The van der Waals surface area contributed by atoms with E-state index in [1.54, 1.807) is 89.2 Å². The number of sulfonamides is 1. The number of nitrogens with one attached hydrogen (secondary N) is 5. The van der Waals surface area contributed by atoms with Crippen molar-refractivity contribution in [1.82, 2.24) is 65.2 Å². The number of hydrogen-bond acceptors (Lipinski definition) is 16. The molecule has 6 N–H and O–H groups in total. The average Bonchev–Trinajstić information content (AvgIpc) is 0.820. The Balaban J connectivity index is 2.06. The van der Waals surface area contributed by atoms with Crippen LogP contribution in [0.4, 0.5) is 0 Å². The highest BCUT2D eigenvalue weighted by atomic mass is 35.5. The molecule has 0 aliphatic carbocycles. The summed E-state index contributed by atoms with van der Waals surface area (Å²) in [6.07, 6.45) is -0.277. The lowest BCUT2D eigenvalue weighted by atomic mass is 9.96. The Morgan fingerprint density at radius 1 is 0.561 bits per heavy atom. The number of amides is 13. The number of halogens is 1. The van der Waals surface area contributed by atoms with Gasteiger partial charge in [0.1, 0.15) is 60.4 Å². The van der Waals surface area contributed by atoms with Gasteiger partial charge in [0, 0.05) is 86.2 Å². The van der Waals surface area contributed by atoms with E-state index in [4.69, 9.17) is 11.6 Å². The standard InChI is InChI=1S/C76H120ClN13O16S/c1-19-21-35-90-45-64(94)88(17)66(49(9)10)70(98)80-56(73(101)89-36-26-23-27-37-89)44-63(93)83(12)57(20-2)67(95)78-54(33-34-62(92)82-107(18,105)106)71(99)86(15)60(40-48(7)8)74(102)85(14)59(43-52-31-28-32-53(77)41-52)68(96)79-55(38-46(3)4)72(100)87(16)61(42-51-29-24-22-25-30-51)75(103)84(13)58(39-47(5)6)69(97)81-65(50(11)91)76(90)104/h22,24-25,28-32,41,46-50,54-61,65-66,91H,19-21,23,26-27,33-40,42-45H2,1-18H3,(H,78,95)(H,79,96)(H,80,98)(H,81,97)(H,82,92)/t50-,54+,55+,56+,57+,58+,59+,60+,61+,65+,66+/m1/s1. The third kappa shape index (κ3) is 27.1. The molecule has 31 heteroatoms. The number of hydrogen-bond donors (Lipinski definition) is 6. The third-order valence-electron chi connectivity index (χ3n) is 19.7. The highest BCUT2D eigenvalue weighted by Gasteiger charge is 2.45. The van der Waals surface area contributed by atoms with Gasteiger partial charge in [-0.05, 0) is 112 Å². The first kappa shape index (κ1) is 91.1. The van der Waals surface area contributed by atoms with Crippen LogP contribution in [0.15, 0.2) is 54.6 Å². The maximum Gasteiger partial charge on any atom is 0.248 e. The van der Waals surface area contributed by atoms with Crippen molar-refractivity contribution in [1.29, 1.82) is 0 Å². The van der Waals surface area contributed by atoms with Gasteiger partial charge >= 0.3 is 0 Å². The highest BCUT2D eigenvalue weighted by molar-refractivity contribution is 7.89. The van der Waals surface area contributed by atoms with E-state index in [-0.39, 0.29) is 62.8 Å². The normalized spacial score (nSPS) is 24.3. The number of rotatable bonds is 21. The van der Waals surface area contributed by atoms with Gasteiger partial charge in [-0.1, -0.05) is 130 Å². The number of benzene rings is 2. The van der Waals surface area contributed by atoms with Crippen LogP contribution in [0.25, 0.3) is 0 Å². The fourth-order valence-corrected chi connectivity index (χ4v) is 14.3. The van der Waals surface area contributed by atoms with Crippen LogP contribution in [-0.4, -0.2) is 271 Å². The second-order valence-corrected chi connectivity index (χ2v) is 32.5. The summed E-state index contributed by atoms with van der Waals surface area (Å²) in [5, 5.41) is 22.8. The molecule has 11 atom stereocenters. The number of carbonyl (C=O) groups is 13. The first-order valence-corrected chi connectivity index (χ1v) is 39.7. The van der Waals surface area contributed by atoms with Crippen molar-refractivity contribution in [3.8, 4) is 0 Å². The topological polar surface area (TPSA) is 362 Å². The highest BCUT2D eigenvalue weighted by Crippen LogP contribution is 2.25. The Labute approximate surface area is 638 Å². The SMILES string of the molecule is CCCCN1CC(=O)N(C)[C@@H](C(C)C)C(=O)N[C@H](C(=O)N2CCCCC2)CC(=O)N(C)[C@@H](CC)C(=O)N[C@@H](CCC(=O)NS(C)(=O)=O)C(=O)N(C)[C@@H](CC(C)C)C(=O)N(C)[C@@H](Cc2cccc(Cl)c2)C(=O)N[C@@H](CC(C)C)C(=O)N(C)[C@@H](Cc2ccccc2)C(=O)N(C)[C@@H](CC(C)C)C(=O)N[C@@H]([C@@H](C)O)C1=O. The van der Waals surface area contributed by atoms with E-state index in [9.17, 15) is 42.3 Å². The van der Waals surface area contributed by atoms with Gasteiger partial charge in [0.15, 0.2) is 0 Å². The van der Waals surface area contributed by atoms with Crippen LogP contribution in [0, 0.1) is 23.7 Å². The number of carbonyl (C=O) groups excluding carboxylic acids is 13. The molecule has 0 spiro atoms. The molecule has 107 heavy (non-hydrogen) atoms. The third-order valence-corrected chi connectivity index (χ3v) is 20.5. The van der Waals surface area contributed by atoms with Gasteiger partial charge in [0.2, 0.25) is 86.8 Å². The minimum Gasteiger partial charge on any atom is -0.391 e. The van der Waals surface area contributed by atoms with Crippen LogP contribution >= 0.6 is 11.6 Å². The van der Waals surface area contributed by atoms with Crippen LogP contribution in [0.2, 0.25) is 5.02 Å². The van der Waals surface area contributed by atoms with Gasteiger partial charge in [0.25, 0.3) is 0 Å².